The number of halogens is 1. The third-order valence-corrected chi connectivity index (χ3v) is 3.27. The Morgan fingerprint density at radius 3 is 2.89 bits per heavy atom. The first-order valence-corrected chi connectivity index (χ1v) is 5.79. The van der Waals surface area contributed by atoms with Crippen LogP contribution in [0.1, 0.15) is 24.1 Å². The van der Waals surface area contributed by atoms with Gasteiger partial charge in [-0.05, 0) is 25.3 Å². The molecule has 1 aliphatic carbocycles. The molecule has 4 N–H and O–H groups in total. The lowest BCUT2D eigenvalue weighted by Crippen LogP contribution is -2.55. The Bertz CT molecular complexity index is 520. The monoisotopic (exact) mass is 269 g/mol. The maximum absolute atomic E-state index is 11.5. The van der Waals surface area contributed by atoms with E-state index in [1.807, 2.05) is 0 Å². The highest BCUT2D eigenvalue weighted by Gasteiger charge is 2.45. The molecule has 0 bridgehead atoms. The summed E-state index contributed by atoms with van der Waals surface area (Å²) in [5, 5.41) is 12.1. The highest BCUT2D eigenvalue weighted by atomic mass is 35.5. The van der Waals surface area contributed by atoms with E-state index < -0.39 is 17.5 Å². The lowest BCUT2D eigenvalue weighted by molar-refractivity contribution is -0.145. The molecule has 0 aliphatic heterocycles. The molecule has 96 valence electrons. The number of aliphatic carboxylic acids is 1. The quantitative estimate of drug-likeness (QED) is 0.745. The normalized spacial score (nSPS) is 22.1. The first kappa shape index (κ1) is 12.6. The summed E-state index contributed by atoms with van der Waals surface area (Å²) in [4.78, 5) is 26.7. The van der Waals surface area contributed by atoms with Gasteiger partial charge in [-0.2, -0.15) is 0 Å². The van der Waals surface area contributed by atoms with Crippen LogP contribution in [0.4, 0.5) is 4.79 Å². The van der Waals surface area contributed by atoms with E-state index in [2.05, 4.69) is 10.3 Å². The molecule has 18 heavy (non-hydrogen) atoms. The molecule has 6 nitrogen and oxygen atoms in total. The van der Waals surface area contributed by atoms with Gasteiger partial charge in [0.25, 0.3) is 0 Å². The Labute approximate surface area is 108 Å². The van der Waals surface area contributed by atoms with Gasteiger partial charge in [-0.1, -0.05) is 11.6 Å². The average Bonchev–Trinajstić information content (AvgIpc) is 2.29. The number of nitrogens with one attached hydrogen (secondary N) is 1. The van der Waals surface area contributed by atoms with Gasteiger partial charge < -0.3 is 16.2 Å². The number of aryl methyl sites for hydroxylation is 1. The average molecular weight is 270 g/mol. The van der Waals surface area contributed by atoms with Crippen LogP contribution < -0.4 is 11.1 Å². The minimum Gasteiger partial charge on any atom is -0.479 e. The van der Waals surface area contributed by atoms with Crippen LogP contribution in [0.25, 0.3) is 0 Å². The lowest BCUT2D eigenvalue weighted by atomic mass is 9.78. The maximum Gasteiger partial charge on any atom is 0.334 e. The van der Waals surface area contributed by atoms with E-state index >= 15 is 0 Å². The van der Waals surface area contributed by atoms with E-state index in [1.54, 1.807) is 0 Å². The van der Waals surface area contributed by atoms with Crippen molar-refractivity contribution in [3.8, 4) is 0 Å². The van der Waals surface area contributed by atoms with Gasteiger partial charge in [0.2, 0.25) is 0 Å². The Balaban J connectivity index is 2.59. The van der Waals surface area contributed by atoms with Crippen molar-refractivity contribution in [1.29, 1.82) is 0 Å². The van der Waals surface area contributed by atoms with Crippen LogP contribution in [0.5, 0.6) is 0 Å². The molecule has 1 aliphatic rings. The fraction of sp³-hybridized carbons (Fsp3) is 0.364. The number of carbonyl (C=O) groups excluding carboxylic acids is 1. The number of urea groups is 1. The molecule has 0 fully saturated rings. The second kappa shape index (κ2) is 4.45. The largest absolute Gasteiger partial charge is 0.479 e. The molecule has 7 heteroatoms. The van der Waals surface area contributed by atoms with Crippen molar-refractivity contribution < 1.29 is 14.7 Å². The van der Waals surface area contributed by atoms with Crippen LogP contribution in [-0.4, -0.2) is 22.1 Å². The van der Waals surface area contributed by atoms with Gasteiger partial charge in [-0.15, -0.1) is 0 Å². The molecule has 0 aromatic carbocycles. The maximum atomic E-state index is 11.5. The number of amides is 2. The van der Waals surface area contributed by atoms with Crippen molar-refractivity contribution in [2.24, 2.45) is 5.73 Å². The van der Waals surface area contributed by atoms with Crippen molar-refractivity contribution in [2.45, 2.75) is 24.8 Å². The SMILES string of the molecule is NC(=O)N[C@@]1(C(=O)O)CCCc2ncc(Cl)cc21. The van der Waals surface area contributed by atoms with Crippen molar-refractivity contribution in [3.05, 3.63) is 28.5 Å². The summed E-state index contributed by atoms with van der Waals surface area (Å²) in [5.41, 5.74) is 4.58. The number of rotatable bonds is 2. The van der Waals surface area contributed by atoms with Crippen molar-refractivity contribution in [1.82, 2.24) is 10.3 Å². The van der Waals surface area contributed by atoms with Gasteiger partial charge in [0.1, 0.15) is 0 Å². The van der Waals surface area contributed by atoms with E-state index in [4.69, 9.17) is 17.3 Å². The summed E-state index contributed by atoms with van der Waals surface area (Å²) in [7, 11) is 0. The number of carboxylic acids is 1. The summed E-state index contributed by atoms with van der Waals surface area (Å²) in [5.74, 6) is -1.16. The van der Waals surface area contributed by atoms with E-state index in [0.717, 1.165) is 0 Å². The van der Waals surface area contributed by atoms with Crippen molar-refractivity contribution in [2.75, 3.05) is 0 Å². The first-order valence-electron chi connectivity index (χ1n) is 5.41. The molecule has 0 saturated carbocycles. The summed E-state index contributed by atoms with van der Waals surface area (Å²) in [6.07, 6.45) is 2.99. The van der Waals surface area contributed by atoms with Crippen LogP contribution in [0.3, 0.4) is 0 Å². The molecule has 0 saturated heterocycles. The van der Waals surface area contributed by atoms with E-state index in [-0.39, 0.29) is 6.42 Å². The highest BCUT2D eigenvalue weighted by Crippen LogP contribution is 2.36. The highest BCUT2D eigenvalue weighted by molar-refractivity contribution is 6.30. The van der Waals surface area contributed by atoms with Gasteiger partial charge >= 0.3 is 12.0 Å². The predicted molar refractivity (Wildman–Crippen MR) is 64.2 cm³/mol. The number of primary amides is 1. The van der Waals surface area contributed by atoms with Crippen LogP contribution in [0.15, 0.2) is 12.3 Å². The number of fused-ring (bicyclic) bond motifs is 1. The number of aromatic nitrogens is 1. The molecule has 1 atom stereocenters. The van der Waals surface area contributed by atoms with Crippen LogP contribution >= 0.6 is 11.6 Å². The smallest absolute Gasteiger partial charge is 0.334 e. The topological polar surface area (TPSA) is 105 Å². The first-order chi connectivity index (χ1) is 8.45. The number of nitrogens with two attached hydrogens (primary N) is 1. The Morgan fingerprint density at radius 2 is 2.28 bits per heavy atom. The van der Waals surface area contributed by atoms with Gasteiger partial charge in [0, 0.05) is 17.5 Å². The van der Waals surface area contributed by atoms with Gasteiger partial charge in [-0.3, -0.25) is 4.98 Å². The molecule has 1 aromatic rings. The van der Waals surface area contributed by atoms with Gasteiger partial charge in [0.15, 0.2) is 5.54 Å². The fourth-order valence-electron chi connectivity index (χ4n) is 2.31. The summed E-state index contributed by atoms with van der Waals surface area (Å²) in [6, 6.07) is 0.637. The van der Waals surface area contributed by atoms with Gasteiger partial charge in [0.05, 0.1) is 5.02 Å². The third-order valence-electron chi connectivity index (χ3n) is 3.06. The number of hydrogen-bond donors (Lipinski definition) is 3. The number of nitrogens with zero attached hydrogens (tertiary/aromatic N) is 1. The zero-order valence-electron chi connectivity index (χ0n) is 9.44. The number of hydrogen-bond acceptors (Lipinski definition) is 3. The second-order valence-corrected chi connectivity index (χ2v) is 4.64. The molecule has 1 aromatic heterocycles. The molecule has 0 radical (unpaired) electrons. The zero-order valence-corrected chi connectivity index (χ0v) is 10.2. The van der Waals surface area contributed by atoms with E-state index in [9.17, 15) is 14.7 Å². The summed E-state index contributed by atoms with van der Waals surface area (Å²) in [6.45, 7) is 0. The second-order valence-electron chi connectivity index (χ2n) is 4.20. The molecular formula is C11H12ClN3O3. The van der Waals surface area contributed by atoms with Crippen LogP contribution in [0.2, 0.25) is 5.02 Å². The van der Waals surface area contributed by atoms with Gasteiger partial charge in [-0.25, -0.2) is 9.59 Å². The molecular weight excluding hydrogens is 258 g/mol. The number of pyridine rings is 1. The Hall–Kier alpha value is -1.82. The lowest BCUT2D eigenvalue weighted by Gasteiger charge is -2.34. The molecule has 2 amide bonds. The molecule has 0 unspecified atom stereocenters. The fourth-order valence-corrected chi connectivity index (χ4v) is 2.47. The summed E-state index contributed by atoms with van der Waals surface area (Å²) < 4.78 is 0. The summed E-state index contributed by atoms with van der Waals surface area (Å²) >= 11 is 5.85. The predicted octanol–water partition coefficient (Wildman–Crippen LogP) is 1.02. The Kier molecular flexibility index (Phi) is 3.13. The van der Waals surface area contributed by atoms with Crippen LogP contribution in [-0.2, 0) is 16.8 Å². The number of carboxylic acid groups (broad SMARTS) is 1. The minimum atomic E-state index is -1.53. The number of carbonyl (C=O) groups is 2. The third kappa shape index (κ3) is 1.99. The van der Waals surface area contributed by atoms with Crippen LogP contribution in [0, 0.1) is 0 Å². The Morgan fingerprint density at radius 1 is 1.56 bits per heavy atom. The molecule has 2 rings (SSSR count). The standard InChI is InChI=1S/C11H12ClN3O3/c12-6-4-7-8(14-5-6)2-1-3-11(7,9(16)17)15-10(13)18/h4-5H,1-3H2,(H,16,17)(H3,13,15,18)/t11-/m0/s1. The van der Waals surface area contributed by atoms with E-state index in [1.165, 1.54) is 12.3 Å². The zero-order chi connectivity index (χ0) is 13.3. The van der Waals surface area contributed by atoms with Crippen molar-refractivity contribution in [3.63, 3.8) is 0 Å². The van der Waals surface area contributed by atoms with Crippen molar-refractivity contribution >= 4 is 23.6 Å². The van der Waals surface area contributed by atoms with E-state index in [0.29, 0.717) is 29.1 Å². The minimum absolute atomic E-state index is 0.264. The molecule has 0 spiro atoms. The molecule has 1 heterocycles.